The summed E-state index contributed by atoms with van der Waals surface area (Å²) in [6.07, 6.45) is 6.41. The average Bonchev–Trinajstić information content (AvgIpc) is 3.26. The second kappa shape index (κ2) is 3.60. The molecule has 98 valence electrons. The van der Waals surface area contributed by atoms with Crippen molar-refractivity contribution in [3.8, 4) is 11.1 Å². The van der Waals surface area contributed by atoms with Gasteiger partial charge in [-0.2, -0.15) is 10.2 Å². The number of hydrogen-bond donors (Lipinski definition) is 1. The van der Waals surface area contributed by atoms with Gasteiger partial charge in [0.2, 0.25) is 0 Å². The molecule has 0 saturated heterocycles. The molecule has 1 fully saturated rings. The van der Waals surface area contributed by atoms with Crippen LogP contribution < -0.4 is 16.0 Å². The standard InChI is InChI=1S/C16H14N4/c1-2-11-9-20(12-3-4-12)19-14-6-5-13(15(11)14)16-10(1)7-8-17-18-16/h1-2,5-8,12,18H,3-4,9H2. The van der Waals surface area contributed by atoms with Crippen LogP contribution >= 0.6 is 0 Å². The third-order valence-corrected chi connectivity index (χ3v) is 4.32. The van der Waals surface area contributed by atoms with Gasteiger partial charge in [0.15, 0.2) is 0 Å². The number of nitrogens with one attached hydrogen (secondary N) is 1. The third kappa shape index (κ3) is 1.36. The van der Waals surface area contributed by atoms with E-state index < -0.39 is 0 Å². The predicted molar refractivity (Wildman–Crippen MR) is 79.0 cm³/mol. The molecule has 0 aromatic rings. The molecule has 5 aliphatic rings. The Kier molecular flexibility index (Phi) is 1.88. The van der Waals surface area contributed by atoms with Crippen LogP contribution in [0.3, 0.4) is 0 Å². The zero-order valence-electron chi connectivity index (χ0n) is 11.0. The quantitative estimate of drug-likeness (QED) is 0.846. The fourth-order valence-corrected chi connectivity index (χ4v) is 3.16. The lowest BCUT2D eigenvalue weighted by Crippen LogP contribution is -2.27. The van der Waals surface area contributed by atoms with Crippen LogP contribution in [0.4, 0.5) is 5.69 Å². The smallest absolute Gasteiger partial charge is 0.0914 e. The van der Waals surface area contributed by atoms with E-state index >= 15 is 0 Å². The summed E-state index contributed by atoms with van der Waals surface area (Å²) >= 11 is 0. The van der Waals surface area contributed by atoms with Crippen molar-refractivity contribution < 1.29 is 0 Å². The number of hydrogen-bond acceptors (Lipinski definition) is 4. The van der Waals surface area contributed by atoms with Crippen LogP contribution in [0.1, 0.15) is 18.4 Å². The van der Waals surface area contributed by atoms with E-state index in [2.05, 4.69) is 45.9 Å². The van der Waals surface area contributed by atoms with Crippen LogP contribution in [-0.2, 0) is 6.54 Å². The minimum absolute atomic E-state index is 0.654. The first-order chi connectivity index (χ1) is 9.90. The molecule has 20 heavy (non-hydrogen) atoms. The Hall–Kier alpha value is -2.36. The van der Waals surface area contributed by atoms with Crippen LogP contribution in [0.5, 0.6) is 0 Å². The first-order valence-electron chi connectivity index (χ1n) is 7.09. The summed E-state index contributed by atoms with van der Waals surface area (Å²) < 4.78 is 0. The second-order valence-corrected chi connectivity index (χ2v) is 5.68. The van der Waals surface area contributed by atoms with Crippen LogP contribution in [0.15, 0.2) is 34.5 Å². The topological polar surface area (TPSA) is 40.0 Å². The molecule has 4 nitrogen and oxygen atoms in total. The molecule has 2 heterocycles. The summed E-state index contributed by atoms with van der Waals surface area (Å²) in [5, 5.41) is 13.5. The van der Waals surface area contributed by atoms with Gasteiger partial charge in [0.25, 0.3) is 0 Å². The van der Waals surface area contributed by atoms with Crippen LogP contribution in [0, 0.1) is 0 Å². The Labute approximate surface area is 116 Å². The fourth-order valence-electron chi connectivity index (χ4n) is 3.16. The number of anilines is 1. The molecule has 0 spiro atoms. The largest absolute Gasteiger partial charge is 0.289 e. The molecular formula is C16H14N4. The van der Waals surface area contributed by atoms with Crippen LogP contribution in [0.25, 0.3) is 17.2 Å². The van der Waals surface area contributed by atoms with E-state index in [9.17, 15) is 0 Å². The molecule has 1 N–H and O–H groups in total. The van der Waals surface area contributed by atoms with Gasteiger partial charge in [-0.05, 0) is 36.6 Å². The summed E-state index contributed by atoms with van der Waals surface area (Å²) in [5.41, 5.74) is 8.11. The Morgan fingerprint density at radius 3 is 3.00 bits per heavy atom. The minimum atomic E-state index is 0.654. The molecule has 0 atom stereocenters. The van der Waals surface area contributed by atoms with Gasteiger partial charge in [-0.15, -0.1) is 0 Å². The van der Waals surface area contributed by atoms with Gasteiger partial charge >= 0.3 is 0 Å². The molecule has 4 heteroatoms. The van der Waals surface area contributed by atoms with Gasteiger partial charge in [0.1, 0.15) is 0 Å². The van der Waals surface area contributed by atoms with Crippen molar-refractivity contribution >= 4 is 18.0 Å². The highest BCUT2D eigenvalue weighted by atomic mass is 15.5. The summed E-state index contributed by atoms with van der Waals surface area (Å²) in [6.45, 7) is 0.923. The lowest BCUT2D eigenvalue weighted by molar-refractivity contribution is 0.253. The van der Waals surface area contributed by atoms with E-state index in [4.69, 9.17) is 5.10 Å². The van der Waals surface area contributed by atoms with Gasteiger partial charge in [-0.25, -0.2) is 0 Å². The van der Waals surface area contributed by atoms with Gasteiger partial charge in [0, 0.05) is 28.6 Å². The van der Waals surface area contributed by atoms with E-state index in [1.165, 1.54) is 34.8 Å². The molecule has 5 rings (SSSR count). The van der Waals surface area contributed by atoms with E-state index in [0.717, 1.165) is 17.6 Å². The zero-order chi connectivity index (χ0) is 13.1. The van der Waals surface area contributed by atoms with Crippen molar-refractivity contribution in [1.82, 2.24) is 5.01 Å². The van der Waals surface area contributed by atoms with E-state index in [1.54, 1.807) is 6.21 Å². The summed E-state index contributed by atoms with van der Waals surface area (Å²) in [6, 6.07) is 9.37. The van der Waals surface area contributed by atoms with Crippen molar-refractivity contribution in [3.63, 3.8) is 0 Å². The third-order valence-electron chi connectivity index (χ3n) is 4.32. The molecule has 0 amide bonds. The Bertz CT molecular complexity index is 832. The first-order valence-corrected chi connectivity index (χ1v) is 7.09. The molecule has 0 bridgehead atoms. The van der Waals surface area contributed by atoms with E-state index in [1.807, 2.05) is 0 Å². The van der Waals surface area contributed by atoms with Crippen molar-refractivity contribution in [2.24, 2.45) is 10.2 Å². The van der Waals surface area contributed by atoms with E-state index in [-0.39, 0.29) is 0 Å². The number of fused-ring (bicyclic) bond motifs is 2. The predicted octanol–water partition coefficient (Wildman–Crippen LogP) is 1.50. The van der Waals surface area contributed by atoms with Crippen molar-refractivity contribution in [1.29, 1.82) is 0 Å². The molecule has 0 radical (unpaired) electrons. The SMILES string of the molecule is C1=NNc2c3ccc4c-3c(ccc2=C1)CN(C1CC1)N=4. The van der Waals surface area contributed by atoms with Crippen molar-refractivity contribution in [2.45, 2.75) is 25.4 Å². The van der Waals surface area contributed by atoms with Crippen molar-refractivity contribution in [3.05, 3.63) is 40.4 Å². The normalized spacial score (nSPS) is 19.1. The number of hydrazone groups is 1. The molecule has 1 saturated carbocycles. The van der Waals surface area contributed by atoms with Gasteiger partial charge in [0.05, 0.1) is 17.6 Å². The Morgan fingerprint density at radius 1 is 1.15 bits per heavy atom. The van der Waals surface area contributed by atoms with Gasteiger partial charge < -0.3 is 0 Å². The maximum Gasteiger partial charge on any atom is 0.0914 e. The second-order valence-electron chi connectivity index (χ2n) is 5.68. The molecule has 0 unspecified atom stereocenters. The molecule has 2 aliphatic heterocycles. The lowest BCUT2D eigenvalue weighted by Gasteiger charge is -2.23. The van der Waals surface area contributed by atoms with E-state index in [0.29, 0.717) is 6.04 Å². The van der Waals surface area contributed by atoms with Crippen molar-refractivity contribution in [2.75, 3.05) is 5.43 Å². The Balaban J connectivity index is 1.82. The lowest BCUT2D eigenvalue weighted by atomic mass is 10.0. The summed E-state index contributed by atoms with van der Waals surface area (Å²) in [5.74, 6) is 0. The zero-order valence-corrected chi connectivity index (χ0v) is 11.0. The molecule has 0 aromatic heterocycles. The highest BCUT2D eigenvalue weighted by molar-refractivity contribution is 5.96. The summed E-state index contributed by atoms with van der Waals surface area (Å²) in [4.78, 5) is 0. The first kappa shape index (κ1) is 10.4. The molecule has 3 aliphatic carbocycles. The Morgan fingerprint density at radius 2 is 2.10 bits per heavy atom. The molecular weight excluding hydrogens is 248 g/mol. The van der Waals surface area contributed by atoms with Crippen LogP contribution in [-0.4, -0.2) is 17.3 Å². The van der Waals surface area contributed by atoms with Crippen LogP contribution in [0.2, 0.25) is 0 Å². The fraction of sp³-hybridized carbons (Fsp3) is 0.250. The highest BCUT2D eigenvalue weighted by Crippen LogP contribution is 2.35. The molecule has 0 aromatic carbocycles. The maximum atomic E-state index is 4.82. The maximum absolute atomic E-state index is 4.82. The average molecular weight is 262 g/mol. The minimum Gasteiger partial charge on any atom is -0.289 e. The highest BCUT2D eigenvalue weighted by Gasteiger charge is 2.31. The van der Waals surface area contributed by atoms with Gasteiger partial charge in [-0.1, -0.05) is 12.1 Å². The summed E-state index contributed by atoms with van der Waals surface area (Å²) in [7, 11) is 0. The number of nitrogens with zero attached hydrogens (tertiary/aromatic N) is 3. The van der Waals surface area contributed by atoms with Gasteiger partial charge in [-0.3, -0.25) is 10.4 Å². The number of rotatable bonds is 1. The monoisotopic (exact) mass is 262 g/mol.